The zero-order chi connectivity index (χ0) is 11.0. The Kier molecular flexibility index (Phi) is 2.27. The quantitative estimate of drug-likeness (QED) is 0.792. The van der Waals surface area contributed by atoms with Crippen LogP contribution >= 0.6 is 0 Å². The number of anilines is 1. The van der Waals surface area contributed by atoms with Crippen molar-refractivity contribution in [3.63, 3.8) is 0 Å². The third-order valence-corrected chi connectivity index (χ3v) is 3.19. The molecule has 0 aliphatic carbocycles. The lowest BCUT2D eigenvalue weighted by Crippen LogP contribution is -2.32. The highest BCUT2D eigenvalue weighted by atomic mass is 15.2. The molecule has 1 saturated heterocycles. The van der Waals surface area contributed by atoms with Crippen molar-refractivity contribution in [3.05, 3.63) is 24.4 Å². The molecule has 16 heavy (non-hydrogen) atoms. The van der Waals surface area contributed by atoms with Crippen molar-refractivity contribution in [2.45, 2.75) is 19.8 Å². The van der Waals surface area contributed by atoms with Crippen LogP contribution in [0.15, 0.2) is 18.5 Å². The molecule has 1 N–H and O–H groups in total. The molecule has 1 aliphatic rings. The van der Waals surface area contributed by atoms with Crippen molar-refractivity contribution >= 4 is 17.0 Å². The highest BCUT2D eigenvalue weighted by Crippen LogP contribution is 2.23. The van der Waals surface area contributed by atoms with Crippen LogP contribution < -0.4 is 4.90 Å². The van der Waals surface area contributed by atoms with E-state index in [1.54, 1.807) is 5.92 Å². The van der Waals surface area contributed by atoms with Crippen LogP contribution in [0.1, 0.15) is 19.8 Å². The molecule has 0 unspecified atom stereocenters. The van der Waals surface area contributed by atoms with Crippen LogP contribution in [0.25, 0.3) is 11.2 Å². The highest BCUT2D eigenvalue weighted by molar-refractivity contribution is 5.72. The number of hydrogen-bond acceptors (Lipinski definition) is 3. The number of piperidine rings is 1. The van der Waals surface area contributed by atoms with E-state index in [0.717, 1.165) is 30.1 Å². The number of fused-ring (bicyclic) bond motifs is 1. The van der Waals surface area contributed by atoms with Crippen LogP contribution in [0, 0.1) is 5.92 Å². The number of aromatic amines is 1. The summed E-state index contributed by atoms with van der Waals surface area (Å²) in [5.41, 5.74) is 1.81. The maximum atomic E-state index is 4.61. The van der Waals surface area contributed by atoms with Gasteiger partial charge in [0, 0.05) is 19.3 Å². The Labute approximate surface area is 94.7 Å². The fraction of sp³-hybridized carbons (Fsp3) is 0.417. The summed E-state index contributed by atoms with van der Waals surface area (Å²) < 4.78 is 0. The second-order valence-corrected chi connectivity index (χ2v) is 4.38. The fourth-order valence-corrected chi connectivity index (χ4v) is 2.09. The van der Waals surface area contributed by atoms with E-state index >= 15 is 0 Å². The predicted octanol–water partition coefficient (Wildman–Crippen LogP) is 2.15. The van der Waals surface area contributed by atoms with Crippen molar-refractivity contribution in [1.29, 1.82) is 0 Å². The van der Waals surface area contributed by atoms with Crippen LogP contribution in [0.5, 0.6) is 0 Å². The van der Waals surface area contributed by atoms with Crippen molar-refractivity contribution in [3.8, 4) is 0 Å². The summed E-state index contributed by atoms with van der Waals surface area (Å²) in [6, 6.07) is 1.97. The SMILES string of the molecule is C[C]1CCN(c2cnc3[nH]ccc3n2)CC1. The molecule has 2 aromatic heterocycles. The minimum Gasteiger partial charge on any atom is -0.355 e. The number of H-pyrrole nitrogens is 1. The molecule has 1 radical (unpaired) electrons. The van der Waals surface area contributed by atoms with Gasteiger partial charge >= 0.3 is 0 Å². The van der Waals surface area contributed by atoms with Crippen LogP contribution in [0.2, 0.25) is 0 Å². The second-order valence-electron chi connectivity index (χ2n) is 4.38. The van der Waals surface area contributed by atoms with Crippen molar-refractivity contribution in [2.75, 3.05) is 18.0 Å². The van der Waals surface area contributed by atoms with Gasteiger partial charge in [-0.05, 0) is 24.8 Å². The molecule has 0 aromatic carbocycles. The van der Waals surface area contributed by atoms with Gasteiger partial charge in [0.1, 0.15) is 11.3 Å². The van der Waals surface area contributed by atoms with Gasteiger partial charge in [-0.25, -0.2) is 9.97 Å². The third-order valence-electron chi connectivity index (χ3n) is 3.19. The van der Waals surface area contributed by atoms with Gasteiger partial charge in [0.05, 0.1) is 6.20 Å². The summed E-state index contributed by atoms with van der Waals surface area (Å²) in [5, 5.41) is 0. The zero-order valence-electron chi connectivity index (χ0n) is 9.40. The van der Waals surface area contributed by atoms with Crippen LogP contribution in [-0.2, 0) is 0 Å². The largest absolute Gasteiger partial charge is 0.355 e. The van der Waals surface area contributed by atoms with E-state index in [2.05, 4.69) is 26.8 Å². The molecule has 3 rings (SSSR count). The van der Waals surface area contributed by atoms with Gasteiger partial charge in [0.2, 0.25) is 0 Å². The first-order valence-electron chi connectivity index (χ1n) is 5.69. The molecule has 0 saturated carbocycles. The monoisotopic (exact) mass is 215 g/mol. The van der Waals surface area contributed by atoms with E-state index in [-0.39, 0.29) is 0 Å². The standard InChI is InChI=1S/C12H15N4/c1-9-3-6-16(7-4-9)11-8-14-12-10(15-11)2-5-13-12/h2,5,8H,3-4,6-7H2,1H3,(H,13,14). The van der Waals surface area contributed by atoms with Gasteiger partial charge < -0.3 is 9.88 Å². The van der Waals surface area contributed by atoms with Crippen molar-refractivity contribution in [2.24, 2.45) is 0 Å². The number of rotatable bonds is 1. The summed E-state index contributed by atoms with van der Waals surface area (Å²) >= 11 is 0. The number of aromatic nitrogens is 3. The van der Waals surface area contributed by atoms with Crippen molar-refractivity contribution < 1.29 is 0 Å². The Balaban J connectivity index is 1.87. The molecule has 3 heterocycles. The Morgan fingerprint density at radius 3 is 2.94 bits per heavy atom. The number of hydrogen-bond donors (Lipinski definition) is 1. The molecule has 0 spiro atoms. The normalized spacial score (nSPS) is 18.2. The van der Waals surface area contributed by atoms with Crippen LogP contribution in [0.3, 0.4) is 0 Å². The molecule has 1 fully saturated rings. The number of nitrogens with zero attached hydrogens (tertiary/aromatic N) is 3. The average Bonchev–Trinajstić information content (AvgIpc) is 2.77. The minimum absolute atomic E-state index is 0.864. The van der Waals surface area contributed by atoms with Gasteiger partial charge in [-0.3, -0.25) is 0 Å². The van der Waals surface area contributed by atoms with E-state index in [9.17, 15) is 0 Å². The van der Waals surface area contributed by atoms with Gasteiger partial charge in [-0.2, -0.15) is 0 Å². The van der Waals surface area contributed by atoms with E-state index < -0.39 is 0 Å². The van der Waals surface area contributed by atoms with Gasteiger partial charge in [0.15, 0.2) is 5.65 Å². The number of nitrogens with one attached hydrogen (secondary N) is 1. The van der Waals surface area contributed by atoms with E-state index in [1.165, 1.54) is 12.8 Å². The smallest absolute Gasteiger partial charge is 0.156 e. The first-order chi connectivity index (χ1) is 7.83. The van der Waals surface area contributed by atoms with E-state index in [1.807, 2.05) is 18.5 Å². The maximum Gasteiger partial charge on any atom is 0.156 e. The van der Waals surface area contributed by atoms with Gasteiger partial charge in [0.25, 0.3) is 0 Å². The summed E-state index contributed by atoms with van der Waals surface area (Å²) in [5.74, 6) is 2.59. The lowest BCUT2D eigenvalue weighted by atomic mass is 9.99. The highest BCUT2D eigenvalue weighted by Gasteiger charge is 2.17. The molecular weight excluding hydrogens is 200 g/mol. The second kappa shape index (κ2) is 3.77. The lowest BCUT2D eigenvalue weighted by Gasteiger charge is -2.30. The van der Waals surface area contributed by atoms with Crippen LogP contribution in [-0.4, -0.2) is 28.0 Å². The summed E-state index contributed by atoms with van der Waals surface area (Å²) in [7, 11) is 0. The Morgan fingerprint density at radius 2 is 2.12 bits per heavy atom. The van der Waals surface area contributed by atoms with Crippen molar-refractivity contribution in [1.82, 2.24) is 15.0 Å². The first kappa shape index (κ1) is 9.63. The molecule has 83 valence electrons. The van der Waals surface area contributed by atoms with Crippen LogP contribution in [0.4, 0.5) is 5.82 Å². The Bertz CT molecular complexity index is 482. The Hall–Kier alpha value is -1.58. The third kappa shape index (κ3) is 1.64. The summed E-state index contributed by atoms with van der Waals surface area (Å²) in [6.07, 6.45) is 6.09. The zero-order valence-corrected chi connectivity index (χ0v) is 9.40. The average molecular weight is 215 g/mol. The first-order valence-corrected chi connectivity index (χ1v) is 5.69. The fourth-order valence-electron chi connectivity index (χ4n) is 2.09. The molecular formula is C12H15N4. The predicted molar refractivity (Wildman–Crippen MR) is 64.3 cm³/mol. The molecule has 2 aromatic rings. The summed E-state index contributed by atoms with van der Waals surface area (Å²) in [4.78, 5) is 14.3. The Morgan fingerprint density at radius 1 is 1.31 bits per heavy atom. The maximum absolute atomic E-state index is 4.61. The molecule has 1 aliphatic heterocycles. The van der Waals surface area contributed by atoms with E-state index in [4.69, 9.17) is 0 Å². The topological polar surface area (TPSA) is 44.8 Å². The molecule has 0 amide bonds. The lowest BCUT2D eigenvalue weighted by molar-refractivity contribution is 0.609. The van der Waals surface area contributed by atoms with E-state index in [0.29, 0.717) is 0 Å². The van der Waals surface area contributed by atoms with Gasteiger partial charge in [-0.15, -0.1) is 0 Å². The summed E-state index contributed by atoms with van der Waals surface area (Å²) in [6.45, 7) is 4.37. The molecule has 0 bridgehead atoms. The minimum atomic E-state index is 0.864. The van der Waals surface area contributed by atoms with Gasteiger partial charge in [-0.1, -0.05) is 6.92 Å². The molecule has 4 heteroatoms. The molecule has 4 nitrogen and oxygen atoms in total. The molecule has 0 atom stereocenters.